The lowest BCUT2D eigenvalue weighted by Gasteiger charge is -2.27. The summed E-state index contributed by atoms with van der Waals surface area (Å²) in [6.45, 7) is -0.0549. The molecule has 0 aromatic carbocycles. The summed E-state index contributed by atoms with van der Waals surface area (Å²) in [6, 6.07) is -3.06. The van der Waals surface area contributed by atoms with Crippen LogP contribution in [-0.2, 0) is 14.4 Å². The van der Waals surface area contributed by atoms with E-state index in [4.69, 9.17) is 22.3 Å². The summed E-state index contributed by atoms with van der Waals surface area (Å²) >= 11 is 0. The molecule has 9 N–H and O–H groups in total. The number of carbonyl (C=O) groups is 3. The van der Waals surface area contributed by atoms with Crippen LogP contribution in [0.3, 0.4) is 0 Å². The van der Waals surface area contributed by atoms with Crippen molar-refractivity contribution < 1.29 is 24.6 Å². The molecule has 0 saturated carbocycles. The molecule has 25 heavy (non-hydrogen) atoms. The van der Waals surface area contributed by atoms with Gasteiger partial charge >= 0.3 is 5.97 Å². The number of aliphatic hydroxyl groups excluding tert-OH is 1. The third kappa shape index (κ3) is 6.19. The predicted octanol–water partition coefficient (Wildman–Crippen LogP) is -3.08. The van der Waals surface area contributed by atoms with Gasteiger partial charge < -0.3 is 37.6 Å². The van der Waals surface area contributed by atoms with Crippen LogP contribution in [0.5, 0.6) is 0 Å². The van der Waals surface area contributed by atoms with Gasteiger partial charge in [-0.1, -0.05) is 0 Å². The molecule has 1 saturated heterocycles. The normalized spacial score (nSPS) is 19.1. The lowest BCUT2D eigenvalue weighted by Crippen LogP contribution is -2.55. The van der Waals surface area contributed by atoms with Crippen LogP contribution in [-0.4, -0.2) is 76.7 Å². The number of hydrogen-bond acceptors (Lipinski definition) is 6. The van der Waals surface area contributed by atoms with E-state index in [-0.39, 0.29) is 18.9 Å². The molecule has 142 valence electrons. The van der Waals surface area contributed by atoms with E-state index in [1.54, 1.807) is 0 Å². The minimum absolute atomic E-state index is 0.0532. The van der Waals surface area contributed by atoms with Crippen LogP contribution < -0.4 is 22.5 Å². The maximum atomic E-state index is 12.4. The fourth-order valence-electron chi connectivity index (χ4n) is 2.60. The highest BCUT2D eigenvalue weighted by Gasteiger charge is 2.37. The van der Waals surface area contributed by atoms with Gasteiger partial charge in [0.15, 0.2) is 5.96 Å². The molecule has 11 nitrogen and oxygen atoms in total. The third-order valence-electron chi connectivity index (χ3n) is 3.92. The molecule has 1 aliphatic heterocycles. The van der Waals surface area contributed by atoms with Gasteiger partial charge in [0.25, 0.3) is 0 Å². The predicted molar refractivity (Wildman–Crippen MR) is 89.3 cm³/mol. The Bertz CT molecular complexity index is 522. The van der Waals surface area contributed by atoms with Crippen molar-refractivity contribution in [3.8, 4) is 0 Å². The Hall–Kier alpha value is -2.40. The number of nitrogens with zero attached hydrogens (tertiary/aromatic N) is 2. The molecule has 0 aromatic heterocycles. The number of carboxylic acids is 1. The largest absolute Gasteiger partial charge is 0.480 e. The Morgan fingerprint density at radius 2 is 2.00 bits per heavy atom. The molecule has 0 aliphatic carbocycles. The van der Waals surface area contributed by atoms with Gasteiger partial charge in [-0.15, -0.1) is 0 Å². The zero-order valence-corrected chi connectivity index (χ0v) is 13.9. The number of nitrogens with two attached hydrogens (primary N) is 3. The summed E-state index contributed by atoms with van der Waals surface area (Å²) in [5.41, 5.74) is 16.1. The number of aliphatic carboxylic acids is 1. The van der Waals surface area contributed by atoms with Crippen LogP contribution in [0.15, 0.2) is 4.99 Å². The van der Waals surface area contributed by atoms with Crippen molar-refractivity contribution in [2.45, 2.75) is 43.8 Å². The first-order valence-electron chi connectivity index (χ1n) is 8.03. The van der Waals surface area contributed by atoms with Crippen molar-refractivity contribution >= 4 is 23.7 Å². The second-order valence-corrected chi connectivity index (χ2v) is 5.83. The van der Waals surface area contributed by atoms with E-state index in [9.17, 15) is 19.5 Å². The van der Waals surface area contributed by atoms with Crippen LogP contribution in [0.1, 0.15) is 25.7 Å². The number of carbonyl (C=O) groups excluding carboxylic acids is 2. The highest BCUT2D eigenvalue weighted by atomic mass is 16.4. The number of aliphatic imine (C=N–C) groups is 1. The first-order chi connectivity index (χ1) is 11.8. The quantitative estimate of drug-likeness (QED) is 0.142. The maximum absolute atomic E-state index is 12.4. The molecule has 0 aromatic rings. The molecule has 1 fully saturated rings. The number of amides is 2. The highest BCUT2D eigenvalue weighted by molar-refractivity contribution is 5.92. The average Bonchev–Trinajstić information content (AvgIpc) is 3.05. The lowest BCUT2D eigenvalue weighted by molar-refractivity contribution is -0.149. The SMILES string of the molecule is NC(N)=NCCC[C@@H](N)C(=O)NC(CO)C(=O)N1CCC[C@H]1C(=O)O. The summed E-state index contributed by atoms with van der Waals surface area (Å²) in [5.74, 6) is -2.40. The van der Waals surface area contributed by atoms with E-state index in [0.717, 1.165) is 4.90 Å². The number of likely N-dealkylation sites (tertiary alicyclic amines) is 1. The Labute approximate surface area is 145 Å². The Balaban J connectivity index is 2.56. The monoisotopic (exact) mass is 358 g/mol. The van der Waals surface area contributed by atoms with Gasteiger partial charge in [0.2, 0.25) is 11.8 Å². The number of guanidine groups is 1. The Kier molecular flexibility index (Phi) is 8.08. The molecular weight excluding hydrogens is 332 g/mol. The summed E-state index contributed by atoms with van der Waals surface area (Å²) in [7, 11) is 0. The zero-order chi connectivity index (χ0) is 19.0. The van der Waals surface area contributed by atoms with Gasteiger partial charge in [-0.2, -0.15) is 0 Å². The van der Waals surface area contributed by atoms with Crippen molar-refractivity contribution in [2.24, 2.45) is 22.2 Å². The van der Waals surface area contributed by atoms with E-state index in [1.165, 1.54) is 0 Å². The zero-order valence-electron chi connectivity index (χ0n) is 13.9. The van der Waals surface area contributed by atoms with Crippen LogP contribution in [0.4, 0.5) is 0 Å². The van der Waals surface area contributed by atoms with Crippen molar-refractivity contribution in [1.29, 1.82) is 0 Å². The molecule has 0 bridgehead atoms. The molecule has 2 amide bonds. The van der Waals surface area contributed by atoms with Crippen molar-refractivity contribution in [3.63, 3.8) is 0 Å². The fraction of sp³-hybridized carbons (Fsp3) is 0.714. The molecule has 11 heteroatoms. The van der Waals surface area contributed by atoms with Crippen molar-refractivity contribution in [1.82, 2.24) is 10.2 Å². The van der Waals surface area contributed by atoms with E-state index in [0.29, 0.717) is 25.8 Å². The van der Waals surface area contributed by atoms with Crippen LogP contribution >= 0.6 is 0 Å². The van der Waals surface area contributed by atoms with E-state index in [1.807, 2.05) is 0 Å². The van der Waals surface area contributed by atoms with Gasteiger partial charge in [-0.3, -0.25) is 14.6 Å². The van der Waals surface area contributed by atoms with Crippen molar-refractivity contribution in [2.75, 3.05) is 19.7 Å². The maximum Gasteiger partial charge on any atom is 0.326 e. The van der Waals surface area contributed by atoms with Gasteiger partial charge in [0, 0.05) is 13.1 Å². The standard InChI is InChI=1S/C14H26N6O5/c15-8(3-1-5-18-14(16)17)11(22)19-9(7-21)12(23)20-6-2-4-10(20)13(24)25/h8-10,21H,1-7,15H2,(H,19,22)(H,24,25)(H4,16,17,18)/t8-,9?,10+/m1/s1. The smallest absolute Gasteiger partial charge is 0.326 e. The summed E-state index contributed by atoms with van der Waals surface area (Å²) < 4.78 is 0. The number of rotatable bonds is 9. The Morgan fingerprint density at radius 1 is 1.32 bits per heavy atom. The second kappa shape index (κ2) is 9.79. The van der Waals surface area contributed by atoms with E-state index >= 15 is 0 Å². The lowest BCUT2D eigenvalue weighted by atomic mass is 10.1. The molecule has 1 unspecified atom stereocenters. The molecule has 0 spiro atoms. The third-order valence-corrected chi connectivity index (χ3v) is 3.92. The Morgan fingerprint density at radius 3 is 2.56 bits per heavy atom. The summed E-state index contributed by atoms with van der Waals surface area (Å²) in [5, 5.41) is 20.9. The molecule has 0 radical (unpaired) electrons. The van der Waals surface area contributed by atoms with E-state index in [2.05, 4.69) is 10.3 Å². The van der Waals surface area contributed by atoms with Gasteiger partial charge in [0.1, 0.15) is 12.1 Å². The summed E-state index contributed by atoms with van der Waals surface area (Å²) in [6.07, 6.45) is 1.66. The molecular formula is C14H26N6O5. The first kappa shape index (κ1) is 20.6. The van der Waals surface area contributed by atoms with Crippen LogP contribution in [0.25, 0.3) is 0 Å². The number of aliphatic hydroxyl groups is 1. The summed E-state index contributed by atoms with van der Waals surface area (Å²) in [4.78, 5) is 40.5. The van der Waals surface area contributed by atoms with Crippen LogP contribution in [0, 0.1) is 0 Å². The van der Waals surface area contributed by atoms with Crippen molar-refractivity contribution in [3.05, 3.63) is 0 Å². The molecule has 1 aliphatic rings. The first-order valence-corrected chi connectivity index (χ1v) is 8.03. The number of hydrogen-bond donors (Lipinski definition) is 6. The average molecular weight is 358 g/mol. The van der Waals surface area contributed by atoms with Gasteiger partial charge in [-0.05, 0) is 25.7 Å². The molecule has 1 rings (SSSR count). The minimum atomic E-state index is -1.23. The minimum Gasteiger partial charge on any atom is -0.480 e. The topological polar surface area (TPSA) is 197 Å². The highest BCUT2D eigenvalue weighted by Crippen LogP contribution is 2.18. The molecule has 3 atom stereocenters. The second-order valence-electron chi connectivity index (χ2n) is 5.83. The van der Waals surface area contributed by atoms with Crippen LogP contribution in [0.2, 0.25) is 0 Å². The molecule has 1 heterocycles. The van der Waals surface area contributed by atoms with Gasteiger partial charge in [-0.25, -0.2) is 4.79 Å². The van der Waals surface area contributed by atoms with E-state index < -0.39 is 42.5 Å². The fourth-order valence-corrected chi connectivity index (χ4v) is 2.60. The number of carboxylic acid groups (broad SMARTS) is 1. The number of nitrogens with one attached hydrogen (secondary N) is 1. The van der Waals surface area contributed by atoms with Gasteiger partial charge in [0.05, 0.1) is 12.6 Å².